The average Bonchev–Trinajstić information content (AvgIpc) is 2.11. The Morgan fingerprint density at radius 1 is 1.25 bits per heavy atom. The predicted molar refractivity (Wildman–Crippen MR) is 42.4 cm³/mol. The van der Waals surface area contributed by atoms with Gasteiger partial charge in [-0.2, -0.15) is 0 Å². The zero-order valence-electron chi connectivity index (χ0n) is 7.20. The minimum atomic E-state index is -0.525. The number of unbranched alkanes of at least 4 members (excludes halogenated alkanes) is 1. The lowest BCUT2D eigenvalue weighted by molar-refractivity contribution is -0.139. The van der Waals surface area contributed by atoms with E-state index in [4.69, 9.17) is 4.74 Å². The van der Waals surface area contributed by atoms with Gasteiger partial charge in [0.25, 0.3) is 0 Å². The molecule has 0 radical (unpaired) electrons. The molecule has 4 nitrogen and oxygen atoms in total. The molecule has 0 unspecified atom stereocenters. The Balaban J connectivity index is 4.03. The van der Waals surface area contributed by atoms with E-state index in [-0.39, 0.29) is 5.76 Å². The minimum Gasteiger partial charge on any atom is -0.490 e. The summed E-state index contributed by atoms with van der Waals surface area (Å²) in [6, 6.07) is 0. The monoisotopic (exact) mass is 172 g/mol. The molecule has 12 heavy (non-hydrogen) atoms. The van der Waals surface area contributed by atoms with E-state index in [0.29, 0.717) is 12.8 Å². The number of carbonyl (C=O) groups excluding carboxylic acids is 2. The fourth-order valence-corrected chi connectivity index (χ4v) is 0.633. The highest BCUT2D eigenvalue weighted by Gasteiger charge is 2.07. The van der Waals surface area contributed by atoms with Gasteiger partial charge in [0.2, 0.25) is 0 Å². The molecular formula is C8H12O4. The first kappa shape index (κ1) is 10.7. The number of methoxy groups -OCH3 is 2. The van der Waals surface area contributed by atoms with Crippen LogP contribution in [0.25, 0.3) is 0 Å². The summed E-state index contributed by atoms with van der Waals surface area (Å²) in [7, 11) is 2.65. The van der Waals surface area contributed by atoms with Crippen LogP contribution in [0.3, 0.4) is 0 Å². The van der Waals surface area contributed by atoms with Crippen LogP contribution in [0, 0.1) is 0 Å². The topological polar surface area (TPSA) is 52.6 Å². The standard InChI is InChI=1S/C8H12O4/c1-11-7(8(10)12-2)5-3-4-6-9/h5-6H,3-4H2,1-2H3/b7-5-. The number of ether oxygens (including phenoxy) is 2. The molecule has 0 aromatic rings. The Bertz CT molecular complexity index is 183. The maximum atomic E-state index is 10.8. The highest BCUT2D eigenvalue weighted by molar-refractivity contribution is 5.86. The molecule has 0 spiro atoms. The second-order valence-electron chi connectivity index (χ2n) is 2.01. The summed E-state index contributed by atoms with van der Waals surface area (Å²) in [6.45, 7) is 0. The molecule has 0 aliphatic rings. The molecule has 4 heteroatoms. The highest BCUT2D eigenvalue weighted by Crippen LogP contribution is 2.01. The van der Waals surface area contributed by atoms with Crippen LogP contribution in [0.15, 0.2) is 11.8 Å². The molecule has 0 bridgehead atoms. The van der Waals surface area contributed by atoms with Crippen molar-refractivity contribution in [3.05, 3.63) is 11.8 Å². The lowest BCUT2D eigenvalue weighted by atomic mass is 10.3. The fraction of sp³-hybridized carbons (Fsp3) is 0.500. The third kappa shape index (κ3) is 3.75. The molecule has 0 saturated heterocycles. The van der Waals surface area contributed by atoms with Gasteiger partial charge in [0.15, 0.2) is 5.76 Å². The Morgan fingerprint density at radius 2 is 1.92 bits per heavy atom. The fourth-order valence-electron chi connectivity index (χ4n) is 0.633. The quantitative estimate of drug-likeness (QED) is 0.201. The van der Waals surface area contributed by atoms with Crippen molar-refractivity contribution in [2.24, 2.45) is 0 Å². The predicted octanol–water partition coefficient (Wildman–Crippen LogP) is 0.669. The second-order valence-corrected chi connectivity index (χ2v) is 2.01. The van der Waals surface area contributed by atoms with Crippen molar-refractivity contribution in [3.63, 3.8) is 0 Å². The van der Waals surface area contributed by atoms with Gasteiger partial charge >= 0.3 is 5.97 Å². The van der Waals surface area contributed by atoms with Crippen molar-refractivity contribution in [1.82, 2.24) is 0 Å². The Morgan fingerprint density at radius 3 is 2.33 bits per heavy atom. The van der Waals surface area contributed by atoms with Crippen LogP contribution in [0.2, 0.25) is 0 Å². The maximum Gasteiger partial charge on any atom is 0.372 e. The maximum absolute atomic E-state index is 10.8. The first-order valence-electron chi connectivity index (χ1n) is 3.52. The zero-order chi connectivity index (χ0) is 9.40. The lowest BCUT2D eigenvalue weighted by Gasteiger charge is -2.01. The van der Waals surface area contributed by atoms with Gasteiger partial charge < -0.3 is 14.3 Å². The van der Waals surface area contributed by atoms with Gasteiger partial charge in [-0.25, -0.2) is 4.79 Å². The largest absolute Gasteiger partial charge is 0.490 e. The molecule has 68 valence electrons. The van der Waals surface area contributed by atoms with E-state index in [1.54, 1.807) is 0 Å². The number of hydrogen-bond donors (Lipinski definition) is 0. The first-order valence-corrected chi connectivity index (χ1v) is 3.52. The molecule has 0 fully saturated rings. The Kier molecular flexibility index (Phi) is 5.69. The smallest absolute Gasteiger partial charge is 0.372 e. The minimum absolute atomic E-state index is 0.138. The second kappa shape index (κ2) is 6.39. The Labute approximate surface area is 71.2 Å². The third-order valence-corrected chi connectivity index (χ3v) is 1.22. The van der Waals surface area contributed by atoms with E-state index in [1.807, 2.05) is 0 Å². The molecule has 0 amide bonds. The van der Waals surface area contributed by atoms with Crippen molar-refractivity contribution >= 4 is 12.3 Å². The van der Waals surface area contributed by atoms with Crippen LogP contribution < -0.4 is 0 Å². The van der Waals surface area contributed by atoms with Crippen molar-refractivity contribution < 1.29 is 19.1 Å². The zero-order valence-corrected chi connectivity index (χ0v) is 7.20. The number of carbonyl (C=O) groups is 2. The average molecular weight is 172 g/mol. The number of esters is 1. The van der Waals surface area contributed by atoms with Crippen molar-refractivity contribution in [2.75, 3.05) is 14.2 Å². The number of rotatable bonds is 5. The molecule has 0 saturated carbocycles. The highest BCUT2D eigenvalue weighted by atomic mass is 16.6. The molecule has 0 aromatic heterocycles. The van der Waals surface area contributed by atoms with Crippen LogP contribution in [0.5, 0.6) is 0 Å². The van der Waals surface area contributed by atoms with Gasteiger partial charge in [-0.1, -0.05) is 0 Å². The molecule has 0 rings (SSSR count). The summed E-state index contributed by atoms with van der Waals surface area (Å²) in [5.74, 6) is -0.386. The molecule has 0 aliphatic heterocycles. The summed E-state index contributed by atoms with van der Waals surface area (Å²) in [4.78, 5) is 20.8. The van der Waals surface area contributed by atoms with Crippen molar-refractivity contribution in [2.45, 2.75) is 12.8 Å². The van der Waals surface area contributed by atoms with Gasteiger partial charge in [-0.15, -0.1) is 0 Å². The van der Waals surface area contributed by atoms with Gasteiger partial charge in [0.05, 0.1) is 14.2 Å². The van der Waals surface area contributed by atoms with Crippen LogP contribution in [0.4, 0.5) is 0 Å². The van der Waals surface area contributed by atoms with Crippen molar-refractivity contribution in [3.8, 4) is 0 Å². The summed E-state index contributed by atoms with van der Waals surface area (Å²) in [5, 5.41) is 0. The van der Waals surface area contributed by atoms with Crippen molar-refractivity contribution in [1.29, 1.82) is 0 Å². The van der Waals surface area contributed by atoms with E-state index in [9.17, 15) is 9.59 Å². The summed E-state index contributed by atoms with van der Waals surface area (Å²) in [5.41, 5.74) is 0. The van der Waals surface area contributed by atoms with E-state index in [0.717, 1.165) is 6.29 Å². The Hall–Kier alpha value is -1.32. The van der Waals surface area contributed by atoms with E-state index in [1.165, 1.54) is 20.3 Å². The van der Waals surface area contributed by atoms with Crippen LogP contribution in [-0.4, -0.2) is 26.5 Å². The van der Waals surface area contributed by atoms with E-state index >= 15 is 0 Å². The number of hydrogen-bond acceptors (Lipinski definition) is 4. The number of allylic oxidation sites excluding steroid dienone is 1. The van der Waals surface area contributed by atoms with Gasteiger partial charge in [-0.3, -0.25) is 0 Å². The summed E-state index contributed by atoms with van der Waals surface area (Å²) in [6.07, 6.45) is 3.17. The van der Waals surface area contributed by atoms with E-state index in [2.05, 4.69) is 4.74 Å². The third-order valence-electron chi connectivity index (χ3n) is 1.22. The molecular weight excluding hydrogens is 160 g/mol. The van der Waals surface area contributed by atoms with Gasteiger partial charge in [0.1, 0.15) is 6.29 Å². The van der Waals surface area contributed by atoms with E-state index < -0.39 is 5.97 Å². The number of aldehydes is 1. The SMILES string of the molecule is COC(=O)/C(=C/CCC=O)OC. The normalized spacial score (nSPS) is 10.7. The molecule has 0 heterocycles. The molecule has 0 atom stereocenters. The van der Waals surface area contributed by atoms with Crippen LogP contribution >= 0.6 is 0 Å². The lowest BCUT2D eigenvalue weighted by Crippen LogP contribution is -2.06. The van der Waals surface area contributed by atoms with Gasteiger partial charge in [0, 0.05) is 6.42 Å². The van der Waals surface area contributed by atoms with Crippen LogP contribution in [0.1, 0.15) is 12.8 Å². The van der Waals surface area contributed by atoms with Crippen LogP contribution in [-0.2, 0) is 19.1 Å². The van der Waals surface area contributed by atoms with Gasteiger partial charge in [-0.05, 0) is 12.5 Å². The molecule has 0 aromatic carbocycles. The molecule has 0 N–H and O–H groups in total. The summed E-state index contributed by atoms with van der Waals surface area (Å²) >= 11 is 0. The first-order chi connectivity index (χ1) is 5.76. The molecule has 0 aliphatic carbocycles. The summed E-state index contributed by atoms with van der Waals surface area (Å²) < 4.78 is 9.13.